The summed E-state index contributed by atoms with van der Waals surface area (Å²) in [6.07, 6.45) is 3.21. The molecule has 0 aliphatic carbocycles. The highest BCUT2D eigenvalue weighted by Crippen LogP contribution is 2.17. The maximum Gasteiger partial charge on any atom is 0.0642 e. The Morgan fingerprint density at radius 1 is 1.46 bits per heavy atom. The second-order valence-corrected chi connectivity index (χ2v) is 3.21. The molecule has 0 N–H and O–H groups in total. The van der Waals surface area contributed by atoms with Crippen molar-refractivity contribution in [3.63, 3.8) is 0 Å². The summed E-state index contributed by atoms with van der Waals surface area (Å²) in [6, 6.07) is 0. The van der Waals surface area contributed by atoms with Gasteiger partial charge in [-0.3, -0.25) is 0 Å². The number of hydrogen-bond donors (Lipinski definition) is 0. The molecule has 0 aromatic rings. The van der Waals surface area contributed by atoms with E-state index in [1.165, 1.54) is 11.3 Å². The first-order chi connectivity index (χ1) is 6.29. The molecule has 0 aromatic carbocycles. The molecule has 1 saturated heterocycles. The van der Waals surface area contributed by atoms with Crippen LogP contribution in [0.25, 0.3) is 0 Å². The zero-order valence-corrected chi connectivity index (χ0v) is 8.68. The Kier molecular flexibility index (Phi) is 4.03. The van der Waals surface area contributed by atoms with Crippen LogP contribution in [0.1, 0.15) is 20.3 Å². The molecule has 1 aliphatic rings. The molecular formula is C11H19NO. The number of nitrogens with zero attached hydrogens (tertiary/aromatic N) is 1. The van der Waals surface area contributed by atoms with Crippen molar-refractivity contribution >= 4 is 0 Å². The smallest absolute Gasteiger partial charge is 0.0642 e. The van der Waals surface area contributed by atoms with Gasteiger partial charge in [0.1, 0.15) is 0 Å². The lowest BCUT2D eigenvalue weighted by molar-refractivity contribution is 0.0548. The highest BCUT2D eigenvalue weighted by molar-refractivity contribution is 5.26. The fourth-order valence-electron chi connectivity index (χ4n) is 1.61. The Morgan fingerprint density at radius 2 is 2.08 bits per heavy atom. The fraction of sp³-hybridized carbons (Fsp3) is 0.636. The molecule has 2 heteroatoms. The van der Waals surface area contributed by atoms with Crippen LogP contribution in [0.15, 0.2) is 23.9 Å². The lowest BCUT2D eigenvalue weighted by atomic mass is 10.1. The second kappa shape index (κ2) is 5.07. The van der Waals surface area contributed by atoms with Gasteiger partial charge >= 0.3 is 0 Å². The first-order valence-corrected chi connectivity index (χ1v) is 4.96. The van der Waals surface area contributed by atoms with Crippen LogP contribution >= 0.6 is 0 Å². The summed E-state index contributed by atoms with van der Waals surface area (Å²) in [4.78, 5) is 2.31. The van der Waals surface area contributed by atoms with Crippen LogP contribution in [-0.4, -0.2) is 31.2 Å². The van der Waals surface area contributed by atoms with Crippen molar-refractivity contribution in [2.45, 2.75) is 20.3 Å². The van der Waals surface area contributed by atoms with Gasteiger partial charge in [-0.25, -0.2) is 0 Å². The number of ether oxygens (including phenoxy) is 1. The fourth-order valence-corrected chi connectivity index (χ4v) is 1.61. The van der Waals surface area contributed by atoms with Crippen LogP contribution in [0.5, 0.6) is 0 Å². The minimum absolute atomic E-state index is 0.833. The first kappa shape index (κ1) is 10.3. The molecule has 74 valence electrons. The summed E-state index contributed by atoms with van der Waals surface area (Å²) in [5.74, 6) is 0. The molecule has 1 fully saturated rings. The number of hydrogen-bond acceptors (Lipinski definition) is 2. The van der Waals surface area contributed by atoms with E-state index in [1.54, 1.807) is 0 Å². The highest BCUT2D eigenvalue weighted by atomic mass is 16.5. The molecule has 2 nitrogen and oxygen atoms in total. The quantitative estimate of drug-likeness (QED) is 0.619. The number of rotatable bonds is 3. The Bertz CT molecular complexity index is 202. The van der Waals surface area contributed by atoms with Gasteiger partial charge in [0, 0.05) is 18.8 Å². The maximum atomic E-state index is 5.29. The molecule has 0 amide bonds. The largest absolute Gasteiger partial charge is 0.378 e. The molecule has 1 heterocycles. The lowest BCUT2D eigenvalue weighted by Gasteiger charge is -2.31. The lowest BCUT2D eigenvalue weighted by Crippen LogP contribution is -2.35. The molecule has 1 rings (SSSR count). The molecule has 0 atom stereocenters. The van der Waals surface area contributed by atoms with E-state index in [-0.39, 0.29) is 0 Å². The Balaban J connectivity index is 2.54. The van der Waals surface area contributed by atoms with Crippen molar-refractivity contribution in [2.75, 3.05) is 26.3 Å². The molecular weight excluding hydrogens is 162 g/mol. The Labute approximate surface area is 80.9 Å². The van der Waals surface area contributed by atoms with Gasteiger partial charge in [0.15, 0.2) is 0 Å². The number of morpholine rings is 1. The third kappa shape index (κ3) is 2.59. The summed E-state index contributed by atoms with van der Waals surface area (Å²) in [5, 5.41) is 0. The summed E-state index contributed by atoms with van der Waals surface area (Å²) in [7, 11) is 0. The minimum atomic E-state index is 0.833. The van der Waals surface area contributed by atoms with Gasteiger partial charge in [0.25, 0.3) is 0 Å². The van der Waals surface area contributed by atoms with Gasteiger partial charge in [-0.2, -0.15) is 0 Å². The van der Waals surface area contributed by atoms with Crippen LogP contribution in [0, 0.1) is 0 Å². The zero-order valence-electron chi connectivity index (χ0n) is 8.68. The van der Waals surface area contributed by atoms with Gasteiger partial charge in [-0.1, -0.05) is 19.6 Å². The zero-order chi connectivity index (χ0) is 9.68. The summed E-state index contributed by atoms with van der Waals surface area (Å²) < 4.78 is 5.29. The summed E-state index contributed by atoms with van der Waals surface area (Å²) >= 11 is 0. The average Bonchev–Trinajstić information content (AvgIpc) is 2.21. The Hall–Kier alpha value is -0.760. The van der Waals surface area contributed by atoms with Gasteiger partial charge in [-0.15, -0.1) is 0 Å². The van der Waals surface area contributed by atoms with Crippen molar-refractivity contribution in [1.29, 1.82) is 0 Å². The van der Waals surface area contributed by atoms with Gasteiger partial charge in [-0.05, 0) is 18.9 Å². The van der Waals surface area contributed by atoms with Crippen LogP contribution < -0.4 is 0 Å². The highest BCUT2D eigenvalue weighted by Gasteiger charge is 2.13. The van der Waals surface area contributed by atoms with E-state index in [2.05, 4.69) is 31.4 Å². The van der Waals surface area contributed by atoms with Gasteiger partial charge < -0.3 is 9.64 Å². The predicted molar refractivity (Wildman–Crippen MR) is 55.6 cm³/mol. The van der Waals surface area contributed by atoms with E-state index >= 15 is 0 Å². The van der Waals surface area contributed by atoms with E-state index in [9.17, 15) is 0 Å². The van der Waals surface area contributed by atoms with Crippen molar-refractivity contribution < 1.29 is 4.74 Å². The molecule has 1 aliphatic heterocycles. The second-order valence-electron chi connectivity index (χ2n) is 3.21. The van der Waals surface area contributed by atoms with Crippen molar-refractivity contribution in [3.8, 4) is 0 Å². The topological polar surface area (TPSA) is 12.5 Å². The normalized spacial score (nSPS) is 18.9. The molecule has 0 aromatic heterocycles. The van der Waals surface area contributed by atoms with Crippen LogP contribution in [0.2, 0.25) is 0 Å². The van der Waals surface area contributed by atoms with Crippen molar-refractivity contribution in [2.24, 2.45) is 0 Å². The minimum Gasteiger partial charge on any atom is -0.378 e. The number of allylic oxidation sites excluding steroid dienone is 2. The monoisotopic (exact) mass is 181 g/mol. The standard InChI is InChI=1S/C11H19NO/c1-4-11(5-2)10(3)12-6-8-13-9-7-12/h4H,3,5-9H2,1-2H3/b11-4-. The van der Waals surface area contributed by atoms with E-state index in [1.807, 2.05) is 0 Å². The van der Waals surface area contributed by atoms with E-state index in [0.717, 1.165) is 32.7 Å². The van der Waals surface area contributed by atoms with Gasteiger partial charge in [0.05, 0.1) is 13.2 Å². The molecule has 0 radical (unpaired) electrons. The van der Waals surface area contributed by atoms with Crippen LogP contribution in [-0.2, 0) is 4.74 Å². The van der Waals surface area contributed by atoms with Crippen LogP contribution in [0.4, 0.5) is 0 Å². The van der Waals surface area contributed by atoms with E-state index < -0.39 is 0 Å². The third-order valence-corrected chi connectivity index (χ3v) is 2.49. The maximum absolute atomic E-state index is 5.29. The molecule has 0 saturated carbocycles. The summed E-state index contributed by atoms with van der Waals surface area (Å²) in [6.45, 7) is 12.0. The van der Waals surface area contributed by atoms with E-state index in [4.69, 9.17) is 4.74 Å². The van der Waals surface area contributed by atoms with Crippen molar-refractivity contribution in [1.82, 2.24) is 4.90 Å². The summed E-state index contributed by atoms with van der Waals surface area (Å²) in [5.41, 5.74) is 2.52. The third-order valence-electron chi connectivity index (χ3n) is 2.49. The molecule has 0 unspecified atom stereocenters. The predicted octanol–water partition coefficient (Wildman–Crippen LogP) is 2.19. The van der Waals surface area contributed by atoms with Crippen LogP contribution in [0.3, 0.4) is 0 Å². The SMILES string of the molecule is C=C(/C(=C\C)CC)N1CCOCC1. The molecule has 0 bridgehead atoms. The molecule has 13 heavy (non-hydrogen) atoms. The molecule has 0 spiro atoms. The van der Waals surface area contributed by atoms with Gasteiger partial charge in [0.2, 0.25) is 0 Å². The van der Waals surface area contributed by atoms with Crippen molar-refractivity contribution in [3.05, 3.63) is 23.9 Å². The Morgan fingerprint density at radius 3 is 2.54 bits per heavy atom. The van der Waals surface area contributed by atoms with E-state index in [0.29, 0.717) is 0 Å². The average molecular weight is 181 g/mol. The first-order valence-electron chi connectivity index (χ1n) is 4.96.